The summed E-state index contributed by atoms with van der Waals surface area (Å²) in [5.74, 6) is -28.2. The van der Waals surface area contributed by atoms with E-state index in [0.717, 1.165) is 32.1 Å². The molecule has 0 radical (unpaired) electrons. The number of ether oxygens (including phenoxy) is 7. The molecular weight excluding hydrogens is 1930 g/mol. The van der Waals surface area contributed by atoms with Crippen LogP contribution >= 0.6 is 21.6 Å². The van der Waals surface area contributed by atoms with Gasteiger partial charge in [-0.3, -0.25) is 77.5 Å². The molecule has 7 rings (SSSR count). The molecule has 1 saturated carbocycles. The Morgan fingerprint density at radius 1 is 0.701 bits per heavy atom. The number of amides is 7. The lowest BCUT2D eigenvalue weighted by atomic mass is 9.78. The molecule has 2 bridgehead atoms. The molecular formula is C94H132N16O32S2. The van der Waals surface area contributed by atoms with E-state index in [1.807, 2.05) is 31.3 Å². The van der Waals surface area contributed by atoms with Gasteiger partial charge in [0.1, 0.15) is 60.8 Å². The first-order chi connectivity index (χ1) is 68.1. The molecule has 792 valence electrons. The Balaban J connectivity index is 1.01. The number of aromatic nitrogens is 4. The van der Waals surface area contributed by atoms with Crippen LogP contribution in [0.3, 0.4) is 0 Å². The third kappa shape index (κ3) is 36.8. The molecule has 5 heterocycles. The topological polar surface area (TPSA) is 743 Å². The van der Waals surface area contributed by atoms with Gasteiger partial charge in [-0.2, -0.15) is 4.98 Å². The molecule has 0 unspecified atom stereocenters. The summed E-state index contributed by atoms with van der Waals surface area (Å²) in [6, 6.07) is -7.80. The number of hydrogen-bond acceptors (Lipinski definition) is 35. The number of allylic oxidation sites excluding steroid dienone is 6. The van der Waals surface area contributed by atoms with E-state index >= 15 is 0 Å². The Labute approximate surface area is 837 Å². The Kier molecular flexibility index (Phi) is 47.2. The lowest BCUT2D eigenvalue weighted by Gasteiger charge is -2.42. The van der Waals surface area contributed by atoms with Crippen LogP contribution in [0.2, 0.25) is 0 Å². The second-order valence-corrected chi connectivity index (χ2v) is 38.8. The van der Waals surface area contributed by atoms with Crippen LogP contribution in [0.15, 0.2) is 82.9 Å². The predicted molar refractivity (Wildman–Crippen MR) is 518 cm³/mol. The maximum absolute atomic E-state index is 14.9. The van der Waals surface area contributed by atoms with E-state index in [9.17, 15) is 122 Å². The molecule has 3 aliphatic heterocycles. The molecule has 0 spiro atoms. The second-order valence-electron chi connectivity index (χ2n) is 36.2. The van der Waals surface area contributed by atoms with Crippen LogP contribution in [0.25, 0.3) is 11.2 Å². The van der Waals surface area contributed by atoms with Crippen molar-refractivity contribution >= 4 is 151 Å². The number of piperidine rings is 1. The number of nitrogens with zero attached hydrogens (tertiary/aromatic N) is 4. The van der Waals surface area contributed by atoms with Gasteiger partial charge in [-0.05, 0) is 150 Å². The van der Waals surface area contributed by atoms with E-state index in [0.29, 0.717) is 62.7 Å². The number of aliphatic hydroxyl groups excluding tert-OH is 1. The van der Waals surface area contributed by atoms with Gasteiger partial charge in [-0.15, -0.1) is 0 Å². The first-order valence-electron chi connectivity index (χ1n) is 47.1. The number of guanidine groups is 1. The molecule has 2 saturated heterocycles. The summed E-state index contributed by atoms with van der Waals surface area (Å²) in [4.78, 5) is 261. The number of ketones is 3. The minimum atomic E-state index is -2.57. The summed E-state index contributed by atoms with van der Waals surface area (Å²) < 4.78 is 41.3. The number of aromatic amines is 1. The number of anilines is 2. The number of carboxylic acids is 5. The maximum Gasteiger partial charge on any atom is 0.509 e. The molecule has 4 aliphatic rings. The summed E-state index contributed by atoms with van der Waals surface area (Å²) in [6.07, 6.45) is 1.34. The molecule has 1 aromatic carbocycles. The molecule has 21 N–H and O–H groups in total. The molecule has 7 amide bonds. The number of benzene rings is 1. The Hall–Kier alpha value is -12.9. The highest BCUT2D eigenvalue weighted by Gasteiger charge is 2.54. The number of nitrogens with one attached hydrogen (secondary N) is 10. The number of hydrogen-bond donors (Lipinski definition) is 19. The number of Topliss-reactive ketones (excluding diaryl/α,β-unsaturated/α-hetero) is 3. The molecule has 3 fully saturated rings. The average Bonchev–Trinajstić information content (AvgIpc) is 0.769. The number of cyclic esters (lactones) is 1. The van der Waals surface area contributed by atoms with Crippen LogP contribution in [0.5, 0.6) is 0 Å². The van der Waals surface area contributed by atoms with Gasteiger partial charge in [0.15, 0.2) is 35.1 Å². The van der Waals surface area contributed by atoms with Gasteiger partial charge in [-0.1, -0.05) is 92.7 Å². The van der Waals surface area contributed by atoms with Crippen LogP contribution in [-0.4, -0.2) is 311 Å². The number of nitrogen functional groups attached to an aromatic ring is 1. The van der Waals surface area contributed by atoms with Crippen LogP contribution in [-0.2, 0) is 112 Å². The zero-order chi connectivity index (χ0) is 107. The number of carbonyl (C=O) groups is 17. The molecule has 3 aromatic rings. The van der Waals surface area contributed by atoms with Crippen molar-refractivity contribution in [2.45, 2.75) is 268 Å². The molecule has 2 aromatic heterocycles. The highest BCUT2D eigenvalue weighted by Crippen LogP contribution is 2.39. The van der Waals surface area contributed by atoms with E-state index in [1.54, 1.807) is 39.0 Å². The average molecular weight is 2060 g/mol. The SMILES string of the molecule is CO[C@H]1C[C@@H]2CC[C@@H](C)[C@@](O)(O2)C(=O)C(=O)N2CCCC[C@H]2C(=O)O[C@H]([C@H](C)C[C@@H]2CC[C@@H](O)[C@H](OC)C2)CC(=O)[C@H](C)/C=C(\C)[C@@H](OC(=O)OCCSSC[C@H](NC(=O)[C@H](CC(=O)O)NC(=O)[C@H](CC(=O)O)NC(=O)[C@H](CCCNC(=N)N)NC(=O)[C@H](CC(=O)O)NC(=O)CC[C@H](NC(=O)c2ccc(NCc3cnc4nc(N)[nH]c(=O)c4n3)cc2)C(=O)O)C(=O)O)[C@@H](OC)C(=O)[C@H](C)C[C@H](C)/C=C/C=CC=C1C. The fourth-order valence-electron chi connectivity index (χ4n) is 17.0. The molecule has 48 nitrogen and oxygen atoms in total. The lowest BCUT2D eigenvalue weighted by Crippen LogP contribution is -2.61. The first kappa shape index (κ1) is 118. The summed E-state index contributed by atoms with van der Waals surface area (Å²) >= 11 is 0. The Bertz CT molecular complexity index is 5260. The summed E-state index contributed by atoms with van der Waals surface area (Å²) in [5.41, 5.74) is 11.9. The number of esters is 1. The van der Waals surface area contributed by atoms with E-state index in [1.165, 1.54) is 71.7 Å². The zero-order valence-corrected chi connectivity index (χ0v) is 83.3. The van der Waals surface area contributed by atoms with Gasteiger partial charge < -0.3 is 128 Å². The quantitative estimate of drug-likeness (QED) is 0.00737. The van der Waals surface area contributed by atoms with Crippen LogP contribution in [0.1, 0.15) is 187 Å². The van der Waals surface area contributed by atoms with Crippen molar-refractivity contribution in [2.75, 3.05) is 63.6 Å². The number of rotatable bonds is 42. The molecule has 144 heavy (non-hydrogen) atoms. The Morgan fingerprint density at radius 3 is 1.95 bits per heavy atom. The van der Waals surface area contributed by atoms with E-state index in [2.05, 4.69) is 57.2 Å². The number of methoxy groups -OCH3 is 3. The van der Waals surface area contributed by atoms with Gasteiger partial charge in [0.25, 0.3) is 23.2 Å². The minimum absolute atomic E-state index is 0.0171. The van der Waals surface area contributed by atoms with Crippen molar-refractivity contribution < 1.29 is 150 Å². The number of aliphatic carboxylic acids is 5. The number of aliphatic hydroxyl groups is 2. The summed E-state index contributed by atoms with van der Waals surface area (Å²) in [7, 11) is 5.89. The fraction of sp³-hybridized carbons (Fsp3) is 0.596. The van der Waals surface area contributed by atoms with Crippen molar-refractivity contribution in [3.05, 3.63) is 99.7 Å². The van der Waals surface area contributed by atoms with Crippen molar-refractivity contribution in [3.63, 3.8) is 0 Å². The number of H-pyrrole nitrogens is 1. The minimum Gasteiger partial charge on any atom is -0.481 e. The van der Waals surface area contributed by atoms with Crippen LogP contribution in [0, 0.1) is 40.9 Å². The number of carbonyl (C=O) groups excluding carboxylic acids is 12. The predicted octanol–water partition coefficient (Wildman–Crippen LogP) is 2.80. The van der Waals surface area contributed by atoms with Gasteiger partial charge >= 0.3 is 42.0 Å². The smallest absolute Gasteiger partial charge is 0.481 e. The van der Waals surface area contributed by atoms with Crippen molar-refractivity contribution in [1.29, 1.82) is 5.41 Å². The molecule has 21 atom stereocenters. The fourth-order valence-corrected chi connectivity index (χ4v) is 19.0. The zero-order valence-electron chi connectivity index (χ0n) is 81.7. The highest BCUT2D eigenvalue weighted by molar-refractivity contribution is 8.76. The molecule has 1 aliphatic carbocycles. The maximum atomic E-state index is 14.9. The molecule has 50 heteroatoms. The van der Waals surface area contributed by atoms with Gasteiger partial charge in [-0.25, -0.2) is 29.1 Å². The lowest BCUT2D eigenvalue weighted by molar-refractivity contribution is -0.265. The number of nitrogens with two attached hydrogens (primary N) is 2. The summed E-state index contributed by atoms with van der Waals surface area (Å²) in [5, 5.41) is 98.9. The largest absolute Gasteiger partial charge is 0.509 e. The summed E-state index contributed by atoms with van der Waals surface area (Å²) in [6.45, 7) is 11.2. The van der Waals surface area contributed by atoms with E-state index < -0.39 is 284 Å². The Morgan fingerprint density at radius 2 is 1.33 bits per heavy atom. The monoisotopic (exact) mass is 2060 g/mol. The first-order valence-corrected chi connectivity index (χ1v) is 49.6. The van der Waals surface area contributed by atoms with E-state index in [4.69, 9.17) is 50.0 Å². The van der Waals surface area contributed by atoms with Crippen LogP contribution in [0.4, 0.5) is 16.4 Å². The third-order valence-corrected chi connectivity index (χ3v) is 27.4. The van der Waals surface area contributed by atoms with Gasteiger partial charge in [0, 0.05) is 94.2 Å². The third-order valence-electron chi connectivity index (χ3n) is 25.0. The van der Waals surface area contributed by atoms with Gasteiger partial charge in [0.2, 0.25) is 41.3 Å². The number of carboxylic acid groups (broad SMARTS) is 5. The van der Waals surface area contributed by atoms with Crippen molar-refractivity contribution in [3.8, 4) is 0 Å². The number of fused-ring (bicyclic) bond motifs is 4. The van der Waals surface area contributed by atoms with E-state index in [-0.39, 0.29) is 91.2 Å². The van der Waals surface area contributed by atoms with Crippen molar-refractivity contribution in [1.82, 2.24) is 62.1 Å². The second kappa shape index (κ2) is 57.6. The van der Waals surface area contributed by atoms with Crippen LogP contribution < -0.4 is 59.6 Å². The van der Waals surface area contributed by atoms with Crippen molar-refractivity contribution in [2.24, 2.45) is 41.2 Å². The van der Waals surface area contributed by atoms with Gasteiger partial charge in [0.05, 0.1) is 62.1 Å². The highest BCUT2D eigenvalue weighted by atomic mass is 33.1. The standard InChI is InChI=1S/C94H132N16O32S2/c1-47-17-12-11-13-18-48(2)68(136-8)39-58-27-21-53(7)94(135,142-58)79(121)87(128)110-32-15-14-20-65(110)90(133)140-69(50(4)37-54-22-29-66(111)70(38-54)137-9)43-67(112)49(3)36-52(6)77(78(138-10)76(120)51(5)35-47)141-93(134)139-33-34-143-144-46-64(89(131)132)107-85(126)63(42-74(118)119)106-84(125)62(41-73(116)117)105-82(123)59(19-16-31-98-91(95)96)103-83(124)61(40-72(114)115)102-71(113)30-28-60(88(129)130)104-81(122)55-23-25-56(26-24-55)99-44-57-45-100-80-75(101-57)86(127)109-92(97)108-80/h11-13,17-18,23-26,36,45,47,49-51,53-54,58-66,68-70,77-78,99,111,135H,14-16,19-22,27-35,37-44,46H2,1-10H3,(H,102,113)(H,103,124)(H,104,122)(H,105,123)(H,106,125)(H,107,126)(H,114,115)(H,116,117)(H,118,119)(H,129,130)(H,131,132)(H4,95,96,98)(H3,97,100,108,109,127)/b13-11?,17-12+,48-18?,52-36+/t47-,49-,50-,51-,53-,54+,58+,59+,60+,61+,62+,63+,64+,65+,66-,68+,69+,70-,77-,78+,94-/m1/s1. The normalized spacial score (nSPS) is 24.9.